The van der Waals surface area contributed by atoms with Crippen molar-refractivity contribution in [1.82, 2.24) is 0 Å². The van der Waals surface area contributed by atoms with E-state index in [-0.39, 0.29) is 18.1 Å². The van der Waals surface area contributed by atoms with Crippen molar-refractivity contribution >= 4 is 15.9 Å². The van der Waals surface area contributed by atoms with Crippen molar-refractivity contribution in [3.63, 3.8) is 0 Å². The van der Waals surface area contributed by atoms with Crippen LogP contribution in [0.15, 0.2) is 46.9 Å². The summed E-state index contributed by atoms with van der Waals surface area (Å²) in [5.74, 6) is 0.00168. The molecule has 2 aromatic carbocycles. The van der Waals surface area contributed by atoms with Crippen molar-refractivity contribution in [2.24, 2.45) is 0 Å². The molecule has 17 heavy (non-hydrogen) atoms. The molecule has 2 nitrogen and oxygen atoms in total. The van der Waals surface area contributed by atoms with E-state index in [4.69, 9.17) is 9.84 Å². The fourth-order valence-corrected chi connectivity index (χ4v) is 1.68. The zero-order valence-corrected chi connectivity index (χ0v) is 10.4. The minimum atomic E-state index is -0.396. The van der Waals surface area contributed by atoms with Gasteiger partial charge in [0.2, 0.25) is 0 Å². The molecule has 0 atom stereocenters. The zero-order valence-electron chi connectivity index (χ0n) is 8.86. The lowest BCUT2D eigenvalue weighted by Gasteiger charge is -2.07. The summed E-state index contributed by atoms with van der Waals surface area (Å²) in [7, 11) is 0. The third-order valence-corrected chi connectivity index (χ3v) is 2.72. The molecular formula is C13H10BrFO2. The number of ether oxygens (including phenoxy) is 1. The Bertz CT molecular complexity index is 511. The van der Waals surface area contributed by atoms with Gasteiger partial charge in [0, 0.05) is 4.47 Å². The van der Waals surface area contributed by atoms with E-state index < -0.39 is 5.82 Å². The van der Waals surface area contributed by atoms with Crippen LogP contribution in [0, 0.1) is 5.82 Å². The minimum absolute atomic E-state index is 0.197. The Balaban J connectivity index is 2.07. The molecule has 88 valence electrons. The Kier molecular flexibility index (Phi) is 3.64. The van der Waals surface area contributed by atoms with Gasteiger partial charge in [0.15, 0.2) is 11.6 Å². The smallest absolute Gasteiger partial charge is 0.165 e. The second-order valence-electron chi connectivity index (χ2n) is 3.53. The first-order valence-electron chi connectivity index (χ1n) is 5.01. The van der Waals surface area contributed by atoms with Crippen LogP contribution in [0.4, 0.5) is 4.39 Å². The Morgan fingerprint density at radius 2 is 1.82 bits per heavy atom. The van der Waals surface area contributed by atoms with E-state index >= 15 is 0 Å². The van der Waals surface area contributed by atoms with Gasteiger partial charge in [0.1, 0.15) is 12.4 Å². The highest BCUT2D eigenvalue weighted by Crippen LogP contribution is 2.23. The van der Waals surface area contributed by atoms with Crippen molar-refractivity contribution in [2.45, 2.75) is 6.61 Å². The average molecular weight is 297 g/mol. The molecule has 0 spiro atoms. The molecule has 0 aliphatic rings. The number of halogens is 2. The Hall–Kier alpha value is -1.55. The van der Waals surface area contributed by atoms with Gasteiger partial charge in [-0.05, 0) is 35.9 Å². The highest BCUT2D eigenvalue weighted by Gasteiger charge is 2.04. The molecule has 0 aromatic heterocycles. The highest BCUT2D eigenvalue weighted by atomic mass is 79.9. The molecule has 0 unspecified atom stereocenters. The van der Waals surface area contributed by atoms with Crippen LogP contribution >= 0.6 is 15.9 Å². The summed E-state index contributed by atoms with van der Waals surface area (Å²) in [4.78, 5) is 0. The Labute approximate surface area is 107 Å². The summed E-state index contributed by atoms with van der Waals surface area (Å²) in [6.07, 6.45) is 0. The minimum Gasteiger partial charge on any atom is -0.508 e. The number of phenolic OH excluding ortho intramolecular Hbond substituents is 1. The third-order valence-electron chi connectivity index (χ3n) is 2.22. The van der Waals surface area contributed by atoms with Gasteiger partial charge in [-0.2, -0.15) is 0 Å². The number of hydrogen-bond acceptors (Lipinski definition) is 2. The third kappa shape index (κ3) is 3.20. The maximum absolute atomic E-state index is 13.4. The SMILES string of the molecule is Oc1ccc(COc2cc(Br)ccc2F)cc1. The fourth-order valence-electron chi connectivity index (χ4n) is 1.34. The van der Waals surface area contributed by atoms with Gasteiger partial charge >= 0.3 is 0 Å². The van der Waals surface area contributed by atoms with Crippen LogP contribution in [0.3, 0.4) is 0 Å². The van der Waals surface area contributed by atoms with Gasteiger partial charge in [-0.15, -0.1) is 0 Å². The Morgan fingerprint density at radius 3 is 2.53 bits per heavy atom. The topological polar surface area (TPSA) is 29.5 Å². The molecule has 0 aliphatic carbocycles. The van der Waals surface area contributed by atoms with Crippen molar-refractivity contribution < 1.29 is 14.2 Å². The van der Waals surface area contributed by atoms with Gasteiger partial charge in [-0.1, -0.05) is 28.1 Å². The molecule has 1 N–H and O–H groups in total. The molecule has 2 aromatic rings. The first-order valence-corrected chi connectivity index (χ1v) is 5.80. The lowest BCUT2D eigenvalue weighted by molar-refractivity contribution is 0.290. The summed E-state index contributed by atoms with van der Waals surface area (Å²) >= 11 is 3.25. The van der Waals surface area contributed by atoms with E-state index in [0.717, 1.165) is 10.0 Å². The molecule has 0 amide bonds. The second kappa shape index (κ2) is 5.19. The molecule has 0 radical (unpaired) electrons. The molecule has 0 heterocycles. The predicted molar refractivity (Wildman–Crippen MR) is 66.5 cm³/mol. The second-order valence-corrected chi connectivity index (χ2v) is 4.45. The molecule has 0 saturated carbocycles. The molecule has 0 bridgehead atoms. The molecular weight excluding hydrogens is 287 g/mol. The van der Waals surface area contributed by atoms with Crippen LogP contribution in [-0.4, -0.2) is 5.11 Å². The number of phenols is 1. The zero-order chi connectivity index (χ0) is 12.3. The molecule has 4 heteroatoms. The summed E-state index contributed by atoms with van der Waals surface area (Å²) in [5.41, 5.74) is 0.863. The van der Waals surface area contributed by atoms with Crippen molar-refractivity contribution in [2.75, 3.05) is 0 Å². The first-order chi connectivity index (χ1) is 8.15. The molecule has 0 aliphatic heterocycles. The fraction of sp³-hybridized carbons (Fsp3) is 0.0769. The molecule has 2 rings (SSSR count). The number of hydrogen-bond donors (Lipinski definition) is 1. The predicted octanol–water partition coefficient (Wildman–Crippen LogP) is 3.87. The van der Waals surface area contributed by atoms with Crippen molar-refractivity contribution in [3.8, 4) is 11.5 Å². The van der Waals surface area contributed by atoms with Crippen LogP contribution in [-0.2, 0) is 6.61 Å². The van der Waals surface area contributed by atoms with Crippen LogP contribution in [0.25, 0.3) is 0 Å². The maximum atomic E-state index is 13.4. The van der Waals surface area contributed by atoms with Gasteiger partial charge in [-0.3, -0.25) is 0 Å². The quantitative estimate of drug-likeness (QED) is 0.931. The van der Waals surface area contributed by atoms with E-state index in [9.17, 15) is 4.39 Å². The highest BCUT2D eigenvalue weighted by molar-refractivity contribution is 9.10. The van der Waals surface area contributed by atoms with Gasteiger partial charge in [-0.25, -0.2) is 4.39 Å². The van der Waals surface area contributed by atoms with E-state index in [1.54, 1.807) is 36.4 Å². The normalized spacial score (nSPS) is 10.2. The van der Waals surface area contributed by atoms with Crippen LogP contribution in [0.1, 0.15) is 5.56 Å². The van der Waals surface area contributed by atoms with Crippen LogP contribution in [0.5, 0.6) is 11.5 Å². The summed E-state index contributed by atoms with van der Waals surface area (Å²) in [6.45, 7) is 0.258. The molecule has 0 fully saturated rings. The van der Waals surface area contributed by atoms with Crippen molar-refractivity contribution in [3.05, 3.63) is 58.3 Å². The van der Waals surface area contributed by atoms with E-state index in [0.29, 0.717) is 0 Å². The lowest BCUT2D eigenvalue weighted by atomic mass is 10.2. The Morgan fingerprint density at radius 1 is 1.12 bits per heavy atom. The average Bonchev–Trinajstić information content (AvgIpc) is 2.32. The number of aromatic hydroxyl groups is 1. The van der Waals surface area contributed by atoms with Gasteiger partial charge < -0.3 is 9.84 Å². The number of rotatable bonds is 3. The summed E-state index contributed by atoms with van der Waals surface area (Å²) in [6, 6.07) is 11.1. The summed E-state index contributed by atoms with van der Waals surface area (Å²) in [5, 5.41) is 9.12. The van der Waals surface area contributed by atoms with Crippen LogP contribution < -0.4 is 4.74 Å². The number of benzene rings is 2. The first kappa shape index (κ1) is 11.9. The van der Waals surface area contributed by atoms with E-state index in [1.807, 2.05) is 0 Å². The van der Waals surface area contributed by atoms with Crippen molar-refractivity contribution in [1.29, 1.82) is 0 Å². The lowest BCUT2D eigenvalue weighted by Crippen LogP contribution is -1.97. The monoisotopic (exact) mass is 296 g/mol. The van der Waals surface area contributed by atoms with E-state index in [2.05, 4.69) is 15.9 Å². The molecule has 0 saturated heterocycles. The van der Waals surface area contributed by atoms with E-state index in [1.165, 1.54) is 6.07 Å². The standard InChI is InChI=1S/C13H10BrFO2/c14-10-3-6-12(15)13(7-10)17-8-9-1-4-11(16)5-2-9/h1-7,16H,8H2. The maximum Gasteiger partial charge on any atom is 0.165 e. The van der Waals surface area contributed by atoms with Gasteiger partial charge in [0.25, 0.3) is 0 Å². The largest absolute Gasteiger partial charge is 0.508 e. The van der Waals surface area contributed by atoms with Crippen LogP contribution in [0.2, 0.25) is 0 Å². The van der Waals surface area contributed by atoms with Gasteiger partial charge in [0.05, 0.1) is 0 Å². The summed E-state index contributed by atoms with van der Waals surface area (Å²) < 4.78 is 19.5.